The van der Waals surface area contributed by atoms with Crippen molar-refractivity contribution in [3.63, 3.8) is 0 Å². The van der Waals surface area contributed by atoms with Crippen molar-refractivity contribution in [2.24, 2.45) is 0 Å². The number of hydrogen-bond acceptors (Lipinski definition) is 2. The van der Waals surface area contributed by atoms with E-state index in [1.807, 2.05) is 42.5 Å². The summed E-state index contributed by atoms with van der Waals surface area (Å²) in [6.07, 6.45) is 4.51. The molecule has 0 heterocycles. The summed E-state index contributed by atoms with van der Waals surface area (Å²) < 4.78 is 5.05. The minimum absolute atomic E-state index is 0.280. The van der Waals surface area contributed by atoms with E-state index >= 15 is 0 Å². The zero-order valence-electron chi connectivity index (χ0n) is 11.2. The molecule has 3 heteroatoms. The predicted octanol–water partition coefficient (Wildman–Crippen LogP) is 3.65. The van der Waals surface area contributed by atoms with Crippen molar-refractivity contribution in [1.29, 1.82) is 0 Å². The molecule has 0 saturated carbocycles. The highest BCUT2D eigenvalue weighted by Crippen LogP contribution is 2.19. The molecule has 0 radical (unpaired) electrons. The Morgan fingerprint density at radius 1 is 1.20 bits per heavy atom. The van der Waals surface area contributed by atoms with Crippen LogP contribution in [0.4, 0.5) is 0 Å². The van der Waals surface area contributed by atoms with Gasteiger partial charge in [0.25, 0.3) is 0 Å². The Kier molecular flexibility index (Phi) is 4.56. The van der Waals surface area contributed by atoms with Crippen molar-refractivity contribution in [2.75, 3.05) is 7.11 Å². The van der Waals surface area contributed by atoms with Crippen LogP contribution in [0.25, 0.3) is 6.08 Å². The lowest BCUT2D eigenvalue weighted by Gasteiger charge is -2.06. The monoisotopic (exact) mass is 268 g/mol. The van der Waals surface area contributed by atoms with Gasteiger partial charge in [-0.05, 0) is 29.7 Å². The molecular formula is C17H16O3. The first kappa shape index (κ1) is 13.9. The largest absolute Gasteiger partial charge is 0.497 e. The molecule has 2 aromatic rings. The second-order valence-electron chi connectivity index (χ2n) is 4.35. The molecule has 2 rings (SSSR count). The SMILES string of the molecule is COc1ccc(C/C=C/c2ccccc2)c(C(=O)O)c1. The summed E-state index contributed by atoms with van der Waals surface area (Å²) in [5.74, 6) is -0.384. The summed E-state index contributed by atoms with van der Waals surface area (Å²) in [6.45, 7) is 0. The van der Waals surface area contributed by atoms with Crippen molar-refractivity contribution < 1.29 is 14.6 Å². The van der Waals surface area contributed by atoms with Crippen LogP contribution in [0.5, 0.6) is 5.75 Å². The van der Waals surface area contributed by atoms with Gasteiger partial charge in [0.05, 0.1) is 12.7 Å². The smallest absolute Gasteiger partial charge is 0.336 e. The van der Waals surface area contributed by atoms with E-state index in [-0.39, 0.29) is 5.56 Å². The molecule has 0 aliphatic carbocycles. The van der Waals surface area contributed by atoms with Gasteiger partial charge >= 0.3 is 5.97 Å². The first-order valence-corrected chi connectivity index (χ1v) is 6.32. The second kappa shape index (κ2) is 6.57. The van der Waals surface area contributed by atoms with Crippen LogP contribution in [-0.2, 0) is 6.42 Å². The van der Waals surface area contributed by atoms with E-state index in [1.165, 1.54) is 7.11 Å². The van der Waals surface area contributed by atoms with Crippen LogP contribution < -0.4 is 4.74 Å². The Hall–Kier alpha value is -2.55. The fourth-order valence-corrected chi connectivity index (χ4v) is 1.95. The molecule has 0 saturated heterocycles. The maximum absolute atomic E-state index is 11.2. The molecule has 3 nitrogen and oxygen atoms in total. The van der Waals surface area contributed by atoms with Gasteiger partial charge in [0, 0.05) is 0 Å². The lowest BCUT2D eigenvalue weighted by molar-refractivity contribution is 0.0695. The molecule has 102 valence electrons. The Bertz CT molecular complexity index is 615. The molecule has 2 aromatic carbocycles. The fraction of sp³-hybridized carbons (Fsp3) is 0.118. The second-order valence-corrected chi connectivity index (χ2v) is 4.35. The zero-order valence-corrected chi connectivity index (χ0v) is 11.2. The number of carbonyl (C=O) groups is 1. The predicted molar refractivity (Wildman–Crippen MR) is 79.1 cm³/mol. The molecule has 0 fully saturated rings. The van der Waals surface area contributed by atoms with Crippen LogP contribution in [0.2, 0.25) is 0 Å². The molecule has 0 atom stereocenters. The average molecular weight is 268 g/mol. The Morgan fingerprint density at radius 2 is 1.95 bits per heavy atom. The van der Waals surface area contributed by atoms with E-state index in [2.05, 4.69) is 0 Å². The number of rotatable bonds is 5. The topological polar surface area (TPSA) is 46.5 Å². The standard InChI is InChI=1S/C17H16O3/c1-20-15-11-10-14(16(12-15)17(18)19)9-5-8-13-6-3-2-4-7-13/h2-8,10-12H,9H2,1H3,(H,18,19)/b8-5+. The van der Waals surface area contributed by atoms with Gasteiger partial charge in [0.1, 0.15) is 5.75 Å². The third kappa shape index (κ3) is 3.48. The Morgan fingerprint density at radius 3 is 2.60 bits per heavy atom. The summed E-state index contributed by atoms with van der Waals surface area (Å²) in [7, 11) is 1.52. The van der Waals surface area contributed by atoms with Gasteiger partial charge in [-0.1, -0.05) is 48.6 Å². The quantitative estimate of drug-likeness (QED) is 0.900. The molecule has 0 spiro atoms. The van der Waals surface area contributed by atoms with Crippen molar-refractivity contribution in [3.05, 3.63) is 71.3 Å². The molecule has 0 unspecified atom stereocenters. The molecule has 0 aliphatic rings. The van der Waals surface area contributed by atoms with Crippen LogP contribution >= 0.6 is 0 Å². The van der Waals surface area contributed by atoms with Crippen molar-refractivity contribution >= 4 is 12.0 Å². The summed E-state index contributed by atoms with van der Waals surface area (Å²) in [6, 6.07) is 15.0. The van der Waals surface area contributed by atoms with Gasteiger partial charge in [-0.25, -0.2) is 4.79 Å². The van der Waals surface area contributed by atoms with Gasteiger partial charge in [0.2, 0.25) is 0 Å². The third-order valence-corrected chi connectivity index (χ3v) is 3.00. The van der Waals surface area contributed by atoms with Gasteiger partial charge in [0.15, 0.2) is 0 Å². The number of carboxylic acids is 1. The number of carboxylic acid groups (broad SMARTS) is 1. The number of aromatic carboxylic acids is 1. The molecule has 0 amide bonds. The minimum Gasteiger partial charge on any atom is -0.497 e. The Labute approximate surface area is 118 Å². The molecule has 20 heavy (non-hydrogen) atoms. The highest BCUT2D eigenvalue weighted by Gasteiger charge is 2.10. The highest BCUT2D eigenvalue weighted by atomic mass is 16.5. The summed E-state index contributed by atoms with van der Waals surface area (Å²) in [5.41, 5.74) is 2.14. The molecule has 1 N–H and O–H groups in total. The van der Waals surface area contributed by atoms with Crippen LogP contribution in [0.15, 0.2) is 54.6 Å². The van der Waals surface area contributed by atoms with Gasteiger partial charge in [-0.15, -0.1) is 0 Å². The molecule has 0 aromatic heterocycles. The molecule has 0 aliphatic heterocycles. The molecule has 0 bridgehead atoms. The van der Waals surface area contributed by atoms with E-state index in [1.54, 1.807) is 18.2 Å². The maximum Gasteiger partial charge on any atom is 0.336 e. The third-order valence-electron chi connectivity index (χ3n) is 3.00. The molecular weight excluding hydrogens is 252 g/mol. The zero-order chi connectivity index (χ0) is 14.4. The number of hydrogen-bond donors (Lipinski definition) is 1. The van der Waals surface area contributed by atoms with E-state index in [0.29, 0.717) is 12.2 Å². The van der Waals surface area contributed by atoms with Crippen LogP contribution in [0.1, 0.15) is 21.5 Å². The average Bonchev–Trinajstić information content (AvgIpc) is 2.48. The van der Waals surface area contributed by atoms with Crippen molar-refractivity contribution in [1.82, 2.24) is 0 Å². The van der Waals surface area contributed by atoms with Crippen molar-refractivity contribution in [2.45, 2.75) is 6.42 Å². The summed E-state index contributed by atoms with van der Waals surface area (Å²) >= 11 is 0. The number of benzene rings is 2. The lowest BCUT2D eigenvalue weighted by atomic mass is 10.0. The highest BCUT2D eigenvalue weighted by molar-refractivity contribution is 5.90. The van der Waals surface area contributed by atoms with Crippen LogP contribution in [0.3, 0.4) is 0 Å². The van der Waals surface area contributed by atoms with E-state index < -0.39 is 5.97 Å². The lowest BCUT2D eigenvalue weighted by Crippen LogP contribution is -2.02. The van der Waals surface area contributed by atoms with Crippen LogP contribution in [0, 0.1) is 0 Å². The van der Waals surface area contributed by atoms with Gasteiger partial charge in [-0.2, -0.15) is 0 Å². The Balaban J connectivity index is 2.17. The van der Waals surface area contributed by atoms with E-state index in [9.17, 15) is 9.90 Å². The maximum atomic E-state index is 11.2. The number of ether oxygens (including phenoxy) is 1. The first-order valence-electron chi connectivity index (χ1n) is 6.32. The number of allylic oxidation sites excluding steroid dienone is 1. The number of methoxy groups -OCH3 is 1. The minimum atomic E-state index is -0.938. The summed E-state index contributed by atoms with van der Waals surface area (Å²) in [5, 5.41) is 9.22. The fourth-order valence-electron chi connectivity index (χ4n) is 1.95. The van der Waals surface area contributed by atoms with E-state index in [4.69, 9.17) is 4.74 Å². The van der Waals surface area contributed by atoms with Crippen molar-refractivity contribution in [3.8, 4) is 5.75 Å². The normalized spacial score (nSPS) is 10.7. The van der Waals surface area contributed by atoms with Crippen LogP contribution in [-0.4, -0.2) is 18.2 Å². The van der Waals surface area contributed by atoms with Gasteiger partial charge < -0.3 is 9.84 Å². The van der Waals surface area contributed by atoms with Gasteiger partial charge in [-0.3, -0.25) is 0 Å². The van der Waals surface area contributed by atoms with E-state index in [0.717, 1.165) is 11.1 Å². The summed E-state index contributed by atoms with van der Waals surface area (Å²) in [4.78, 5) is 11.2. The first-order chi connectivity index (χ1) is 9.70.